The summed E-state index contributed by atoms with van der Waals surface area (Å²) in [6.07, 6.45) is 7.16. The molecule has 6 heterocycles. The molecule has 8 nitrogen and oxygen atoms in total. The average molecular weight is 619 g/mol. The Morgan fingerprint density at radius 2 is 0.729 bits per heavy atom. The number of pyridine rings is 5. The predicted molar refractivity (Wildman–Crippen MR) is 187 cm³/mol. The third-order valence-electron chi connectivity index (χ3n) is 7.76. The van der Waals surface area contributed by atoms with Crippen molar-refractivity contribution in [2.24, 2.45) is 0 Å². The molecule has 0 N–H and O–H groups in total. The largest absolute Gasteiger partial charge is 0.256 e. The second kappa shape index (κ2) is 12.9. The van der Waals surface area contributed by atoms with E-state index in [-0.39, 0.29) is 0 Å². The van der Waals surface area contributed by atoms with Gasteiger partial charge >= 0.3 is 0 Å². The van der Waals surface area contributed by atoms with Gasteiger partial charge in [-0.1, -0.05) is 72.8 Å². The molecule has 0 radical (unpaired) electrons. The van der Waals surface area contributed by atoms with Gasteiger partial charge in [0.2, 0.25) is 0 Å². The lowest BCUT2D eigenvalue weighted by Gasteiger charge is -2.10. The van der Waals surface area contributed by atoms with Crippen LogP contribution in [-0.2, 0) is 0 Å². The van der Waals surface area contributed by atoms with Crippen LogP contribution in [-0.4, -0.2) is 39.9 Å². The summed E-state index contributed by atoms with van der Waals surface area (Å²) in [6, 6.07) is 43.4. The summed E-state index contributed by atoms with van der Waals surface area (Å²) in [5, 5.41) is 0. The van der Waals surface area contributed by atoms with Crippen molar-refractivity contribution in [3.8, 4) is 79.5 Å². The van der Waals surface area contributed by atoms with Gasteiger partial charge in [0.25, 0.3) is 0 Å². The summed E-state index contributed by atoms with van der Waals surface area (Å²) < 4.78 is 0. The number of aromatic nitrogens is 8. The molecule has 0 bridgehead atoms. The Kier molecular flexibility index (Phi) is 7.70. The lowest BCUT2D eigenvalue weighted by atomic mass is 10.1. The predicted octanol–water partition coefficient (Wildman–Crippen LogP) is 8.52. The summed E-state index contributed by atoms with van der Waals surface area (Å²) >= 11 is 0. The fraction of sp³-hybridized carbons (Fsp3) is 0. The van der Waals surface area contributed by atoms with E-state index in [2.05, 4.69) is 9.97 Å². The standard InChI is InChI=1S/C40H26N8/c1-3-11-27(12-4-1)38-46-39(28-13-5-2-6-14-28)48-40(47-38)30-18-20-32(44-26-30)29-17-19-33(43-25-29)31-23-36(34-15-7-9-21-41-34)45-37(24-31)35-16-8-10-22-42-35/h1-26H. The maximum Gasteiger partial charge on any atom is 0.165 e. The Morgan fingerprint density at radius 1 is 0.271 bits per heavy atom. The maximum absolute atomic E-state index is 4.87. The SMILES string of the molecule is c1ccc(-c2nc(-c3ccccc3)nc(-c3ccc(-c4ccc(-c5cc(-c6ccccn6)nc(-c6ccccn6)c5)nc4)nc3)n2)cc1. The van der Waals surface area contributed by atoms with E-state index in [9.17, 15) is 0 Å². The van der Waals surface area contributed by atoms with Crippen molar-refractivity contribution in [1.29, 1.82) is 0 Å². The number of rotatable bonds is 7. The molecule has 0 aliphatic rings. The van der Waals surface area contributed by atoms with Crippen LogP contribution in [0.2, 0.25) is 0 Å². The number of hydrogen-bond donors (Lipinski definition) is 0. The maximum atomic E-state index is 4.87. The Hall–Kier alpha value is -6.80. The van der Waals surface area contributed by atoms with Gasteiger partial charge in [-0.15, -0.1) is 0 Å². The second-order valence-corrected chi connectivity index (χ2v) is 11.0. The normalized spacial score (nSPS) is 10.9. The van der Waals surface area contributed by atoms with Crippen LogP contribution >= 0.6 is 0 Å². The summed E-state index contributed by atoms with van der Waals surface area (Å²) in [5.41, 5.74) is 9.09. The fourth-order valence-electron chi connectivity index (χ4n) is 5.32. The molecule has 0 atom stereocenters. The van der Waals surface area contributed by atoms with Crippen LogP contribution in [0, 0.1) is 0 Å². The molecule has 0 aliphatic carbocycles. The molecule has 0 spiro atoms. The summed E-state index contributed by atoms with van der Waals surface area (Å²) in [7, 11) is 0. The smallest absolute Gasteiger partial charge is 0.165 e. The highest BCUT2D eigenvalue weighted by atomic mass is 15.0. The minimum atomic E-state index is 0.556. The van der Waals surface area contributed by atoms with Gasteiger partial charge in [0, 0.05) is 52.6 Å². The van der Waals surface area contributed by atoms with Crippen molar-refractivity contribution in [3.05, 3.63) is 158 Å². The molecule has 8 rings (SSSR count). The van der Waals surface area contributed by atoms with E-state index in [0.717, 1.165) is 62.0 Å². The summed E-state index contributed by atoms with van der Waals surface area (Å²) in [5.74, 6) is 1.77. The van der Waals surface area contributed by atoms with Crippen molar-refractivity contribution in [2.75, 3.05) is 0 Å². The van der Waals surface area contributed by atoms with E-state index < -0.39 is 0 Å². The molecule has 0 unspecified atom stereocenters. The third-order valence-corrected chi connectivity index (χ3v) is 7.76. The van der Waals surface area contributed by atoms with Crippen LogP contribution in [0.25, 0.3) is 79.5 Å². The van der Waals surface area contributed by atoms with E-state index in [1.807, 2.05) is 140 Å². The van der Waals surface area contributed by atoms with Crippen molar-refractivity contribution in [1.82, 2.24) is 39.9 Å². The fourth-order valence-corrected chi connectivity index (χ4v) is 5.32. The first-order valence-electron chi connectivity index (χ1n) is 15.4. The van der Waals surface area contributed by atoms with Gasteiger partial charge < -0.3 is 0 Å². The zero-order valence-corrected chi connectivity index (χ0v) is 25.6. The van der Waals surface area contributed by atoms with Gasteiger partial charge in [0.15, 0.2) is 17.5 Å². The molecular formula is C40H26N8. The molecule has 8 heteroatoms. The van der Waals surface area contributed by atoms with Gasteiger partial charge in [-0.2, -0.15) is 0 Å². The zero-order valence-electron chi connectivity index (χ0n) is 25.6. The minimum absolute atomic E-state index is 0.556. The summed E-state index contributed by atoms with van der Waals surface area (Å²) in [4.78, 5) is 37.9. The molecule has 2 aromatic carbocycles. The van der Waals surface area contributed by atoms with E-state index in [1.165, 1.54) is 0 Å². The van der Waals surface area contributed by atoms with E-state index in [4.69, 9.17) is 29.9 Å². The Bertz CT molecular complexity index is 2010. The van der Waals surface area contributed by atoms with Crippen LogP contribution < -0.4 is 0 Å². The monoisotopic (exact) mass is 618 g/mol. The highest BCUT2D eigenvalue weighted by molar-refractivity contribution is 5.74. The van der Waals surface area contributed by atoms with Gasteiger partial charge in [0.1, 0.15) is 0 Å². The zero-order chi connectivity index (χ0) is 32.1. The van der Waals surface area contributed by atoms with Gasteiger partial charge in [-0.05, 0) is 60.7 Å². The molecule has 8 aromatic rings. The van der Waals surface area contributed by atoms with Gasteiger partial charge in [-0.25, -0.2) is 19.9 Å². The molecule has 6 aromatic heterocycles. The third kappa shape index (κ3) is 6.05. The molecule has 48 heavy (non-hydrogen) atoms. The molecule has 0 amide bonds. The highest BCUT2D eigenvalue weighted by Gasteiger charge is 2.14. The number of hydrogen-bond acceptors (Lipinski definition) is 8. The van der Waals surface area contributed by atoms with Crippen molar-refractivity contribution in [2.45, 2.75) is 0 Å². The minimum Gasteiger partial charge on any atom is -0.256 e. The van der Waals surface area contributed by atoms with Crippen LogP contribution in [0.15, 0.2) is 158 Å². The van der Waals surface area contributed by atoms with Crippen molar-refractivity contribution in [3.63, 3.8) is 0 Å². The summed E-state index contributed by atoms with van der Waals surface area (Å²) in [6.45, 7) is 0. The number of benzene rings is 2. The molecule has 226 valence electrons. The van der Waals surface area contributed by atoms with E-state index in [0.29, 0.717) is 17.5 Å². The van der Waals surface area contributed by atoms with Gasteiger partial charge in [0.05, 0.1) is 34.2 Å². The van der Waals surface area contributed by atoms with Crippen LogP contribution in [0.4, 0.5) is 0 Å². The van der Waals surface area contributed by atoms with Crippen molar-refractivity contribution < 1.29 is 0 Å². The molecule has 0 fully saturated rings. The van der Waals surface area contributed by atoms with E-state index in [1.54, 1.807) is 18.6 Å². The van der Waals surface area contributed by atoms with Crippen LogP contribution in [0.1, 0.15) is 0 Å². The first-order valence-corrected chi connectivity index (χ1v) is 15.4. The first-order chi connectivity index (χ1) is 23.8. The molecule has 0 saturated heterocycles. The average Bonchev–Trinajstić information content (AvgIpc) is 3.19. The van der Waals surface area contributed by atoms with Crippen LogP contribution in [0.3, 0.4) is 0 Å². The Morgan fingerprint density at radius 3 is 1.19 bits per heavy atom. The highest BCUT2D eigenvalue weighted by Crippen LogP contribution is 2.30. The Balaban J connectivity index is 1.11. The lowest BCUT2D eigenvalue weighted by molar-refractivity contribution is 1.07. The Labute approximate surface area is 277 Å². The van der Waals surface area contributed by atoms with Gasteiger partial charge in [-0.3, -0.25) is 19.9 Å². The molecule has 0 saturated carbocycles. The molecule has 0 aliphatic heterocycles. The molecular weight excluding hydrogens is 592 g/mol. The quantitative estimate of drug-likeness (QED) is 0.175. The first kappa shape index (κ1) is 28.7. The lowest BCUT2D eigenvalue weighted by Crippen LogP contribution is -2.00. The number of nitrogens with zero attached hydrogens (tertiary/aromatic N) is 8. The van der Waals surface area contributed by atoms with Crippen LogP contribution in [0.5, 0.6) is 0 Å². The van der Waals surface area contributed by atoms with Crippen molar-refractivity contribution >= 4 is 0 Å². The van der Waals surface area contributed by atoms with E-state index >= 15 is 0 Å². The topological polar surface area (TPSA) is 103 Å². The second-order valence-electron chi connectivity index (χ2n) is 11.0.